The molecule has 5 nitrogen and oxygen atoms in total. The Bertz CT molecular complexity index is 714. The fourth-order valence-electron chi connectivity index (χ4n) is 1.82. The van der Waals surface area contributed by atoms with Gasteiger partial charge in [-0.15, -0.1) is 5.10 Å². The van der Waals surface area contributed by atoms with E-state index < -0.39 is 0 Å². The molecule has 0 fully saturated rings. The third-order valence-electron chi connectivity index (χ3n) is 2.97. The Hall–Kier alpha value is -2.60. The maximum atomic E-state index is 11.6. The number of amidine groups is 1. The standard InChI is InChI=1S/C17H18N4OS/c1-19-16(22)15-9-5-8-14(10-15)11-20-21-17(18)23-12-13-6-3-2-4-7-13/h2-11H,12H2,1H3,(H2,18,21)(H,19,22). The van der Waals surface area contributed by atoms with E-state index in [0.29, 0.717) is 10.7 Å². The van der Waals surface area contributed by atoms with Crippen molar-refractivity contribution in [2.75, 3.05) is 7.05 Å². The first-order chi connectivity index (χ1) is 11.2. The third kappa shape index (κ3) is 5.60. The fourth-order valence-corrected chi connectivity index (χ4v) is 2.43. The number of amides is 1. The second-order valence-electron chi connectivity index (χ2n) is 4.66. The number of carbonyl (C=O) groups is 1. The monoisotopic (exact) mass is 326 g/mol. The van der Waals surface area contributed by atoms with Crippen LogP contribution in [0.4, 0.5) is 0 Å². The molecule has 23 heavy (non-hydrogen) atoms. The molecule has 0 bridgehead atoms. The molecule has 0 aliphatic carbocycles. The third-order valence-corrected chi connectivity index (χ3v) is 3.82. The van der Waals surface area contributed by atoms with Crippen LogP contribution in [0.1, 0.15) is 21.5 Å². The average Bonchev–Trinajstić information content (AvgIpc) is 2.60. The van der Waals surface area contributed by atoms with E-state index in [2.05, 4.69) is 15.5 Å². The number of carbonyl (C=O) groups excluding carboxylic acids is 1. The zero-order chi connectivity index (χ0) is 16.5. The van der Waals surface area contributed by atoms with Gasteiger partial charge in [-0.2, -0.15) is 5.10 Å². The predicted molar refractivity (Wildman–Crippen MR) is 96.8 cm³/mol. The maximum Gasteiger partial charge on any atom is 0.251 e. The van der Waals surface area contributed by atoms with Gasteiger partial charge in [0.25, 0.3) is 5.91 Å². The lowest BCUT2D eigenvalue weighted by Gasteiger charge is -2.00. The van der Waals surface area contributed by atoms with Gasteiger partial charge in [0.15, 0.2) is 5.17 Å². The normalized spacial score (nSPS) is 11.6. The molecule has 0 saturated carbocycles. The summed E-state index contributed by atoms with van der Waals surface area (Å²) in [5, 5.41) is 10.9. The van der Waals surface area contributed by atoms with Crippen LogP contribution in [0.3, 0.4) is 0 Å². The van der Waals surface area contributed by atoms with Crippen LogP contribution in [0.2, 0.25) is 0 Å². The smallest absolute Gasteiger partial charge is 0.251 e. The van der Waals surface area contributed by atoms with Crippen molar-refractivity contribution in [2.45, 2.75) is 5.75 Å². The van der Waals surface area contributed by atoms with E-state index in [4.69, 9.17) is 5.73 Å². The van der Waals surface area contributed by atoms with E-state index in [-0.39, 0.29) is 5.91 Å². The second kappa shape index (κ2) is 8.75. The molecule has 6 heteroatoms. The summed E-state index contributed by atoms with van der Waals surface area (Å²) >= 11 is 1.43. The van der Waals surface area contributed by atoms with E-state index in [0.717, 1.165) is 11.3 Å². The van der Waals surface area contributed by atoms with Crippen molar-refractivity contribution in [3.05, 3.63) is 71.3 Å². The van der Waals surface area contributed by atoms with Crippen molar-refractivity contribution < 1.29 is 4.79 Å². The number of rotatable bonds is 5. The highest BCUT2D eigenvalue weighted by Crippen LogP contribution is 2.11. The summed E-state index contributed by atoms with van der Waals surface area (Å²) in [4.78, 5) is 11.6. The lowest BCUT2D eigenvalue weighted by atomic mass is 10.1. The van der Waals surface area contributed by atoms with E-state index in [1.807, 2.05) is 36.4 Å². The van der Waals surface area contributed by atoms with Crippen molar-refractivity contribution in [1.29, 1.82) is 0 Å². The van der Waals surface area contributed by atoms with Crippen molar-refractivity contribution in [3.8, 4) is 0 Å². The van der Waals surface area contributed by atoms with E-state index >= 15 is 0 Å². The van der Waals surface area contributed by atoms with Crippen LogP contribution in [0.5, 0.6) is 0 Å². The lowest BCUT2D eigenvalue weighted by Crippen LogP contribution is -2.17. The summed E-state index contributed by atoms with van der Waals surface area (Å²) in [6.45, 7) is 0. The van der Waals surface area contributed by atoms with Crippen molar-refractivity contribution in [2.24, 2.45) is 15.9 Å². The quantitative estimate of drug-likeness (QED) is 0.503. The topological polar surface area (TPSA) is 79.8 Å². The molecule has 0 heterocycles. The highest BCUT2D eigenvalue weighted by atomic mass is 32.2. The SMILES string of the molecule is CNC(=O)c1cccc(C=NN=C(N)SCc2ccccc2)c1. The van der Waals surface area contributed by atoms with Gasteiger partial charge in [0.2, 0.25) is 0 Å². The number of hydrogen-bond donors (Lipinski definition) is 2. The molecular formula is C17H18N4OS. The van der Waals surface area contributed by atoms with Gasteiger partial charge in [0.05, 0.1) is 6.21 Å². The summed E-state index contributed by atoms with van der Waals surface area (Å²) in [6.07, 6.45) is 1.57. The summed E-state index contributed by atoms with van der Waals surface area (Å²) in [7, 11) is 1.60. The minimum atomic E-state index is -0.137. The lowest BCUT2D eigenvalue weighted by molar-refractivity contribution is 0.0963. The van der Waals surface area contributed by atoms with Gasteiger partial charge < -0.3 is 11.1 Å². The molecule has 0 saturated heterocycles. The minimum absolute atomic E-state index is 0.137. The van der Waals surface area contributed by atoms with Crippen molar-refractivity contribution >= 4 is 29.1 Å². The van der Waals surface area contributed by atoms with Crippen LogP contribution in [-0.2, 0) is 5.75 Å². The largest absolute Gasteiger partial charge is 0.377 e. The van der Waals surface area contributed by atoms with Gasteiger partial charge >= 0.3 is 0 Å². The molecule has 3 N–H and O–H groups in total. The Kier molecular flexibility index (Phi) is 6.38. The molecule has 0 aromatic heterocycles. The molecule has 2 rings (SSSR count). The summed E-state index contributed by atoms with van der Waals surface area (Å²) in [5.74, 6) is 0.611. The van der Waals surface area contributed by atoms with Gasteiger partial charge in [-0.05, 0) is 23.3 Å². The first kappa shape index (κ1) is 16.8. The molecule has 2 aromatic rings. The Labute approximate surface area is 139 Å². The van der Waals surface area contributed by atoms with Gasteiger partial charge in [0.1, 0.15) is 0 Å². The van der Waals surface area contributed by atoms with Gasteiger partial charge in [-0.1, -0.05) is 54.2 Å². The van der Waals surface area contributed by atoms with Crippen LogP contribution in [-0.4, -0.2) is 24.3 Å². The summed E-state index contributed by atoms with van der Waals surface area (Å²) in [6, 6.07) is 17.1. The van der Waals surface area contributed by atoms with Crippen LogP contribution < -0.4 is 11.1 Å². The predicted octanol–water partition coefficient (Wildman–Crippen LogP) is 2.63. The molecule has 1 amide bonds. The molecule has 0 radical (unpaired) electrons. The average molecular weight is 326 g/mol. The van der Waals surface area contributed by atoms with Crippen LogP contribution in [0.25, 0.3) is 0 Å². The first-order valence-electron chi connectivity index (χ1n) is 7.04. The summed E-state index contributed by atoms with van der Waals surface area (Å²) in [5.41, 5.74) is 8.36. The van der Waals surface area contributed by atoms with Gasteiger partial charge in [-0.3, -0.25) is 4.79 Å². The Morgan fingerprint density at radius 3 is 2.74 bits per heavy atom. The van der Waals surface area contributed by atoms with Crippen LogP contribution >= 0.6 is 11.8 Å². The Morgan fingerprint density at radius 1 is 1.22 bits per heavy atom. The fraction of sp³-hybridized carbons (Fsp3) is 0.118. The highest BCUT2D eigenvalue weighted by Gasteiger charge is 2.02. The first-order valence-corrected chi connectivity index (χ1v) is 8.03. The molecular weight excluding hydrogens is 308 g/mol. The minimum Gasteiger partial charge on any atom is -0.377 e. The van der Waals surface area contributed by atoms with E-state index in [9.17, 15) is 4.79 Å². The number of nitrogens with one attached hydrogen (secondary N) is 1. The second-order valence-corrected chi connectivity index (χ2v) is 5.66. The van der Waals surface area contributed by atoms with Crippen molar-refractivity contribution in [1.82, 2.24) is 5.32 Å². The molecule has 0 unspecified atom stereocenters. The molecule has 0 aliphatic heterocycles. The number of nitrogens with zero attached hydrogens (tertiary/aromatic N) is 2. The zero-order valence-corrected chi connectivity index (χ0v) is 13.6. The number of thioether (sulfide) groups is 1. The highest BCUT2D eigenvalue weighted by molar-refractivity contribution is 8.13. The van der Waals surface area contributed by atoms with Crippen LogP contribution in [0.15, 0.2) is 64.8 Å². The van der Waals surface area contributed by atoms with E-state index in [1.54, 1.807) is 31.5 Å². The zero-order valence-electron chi connectivity index (χ0n) is 12.8. The Balaban J connectivity index is 1.93. The maximum absolute atomic E-state index is 11.6. The van der Waals surface area contributed by atoms with E-state index in [1.165, 1.54) is 17.3 Å². The van der Waals surface area contributed by atoms with Gasteiger partial charge in [-0.25, -0.2) is 0 Å². The number of hydrogen-bond acceptors (Lipinski definition) is 4. The molecule has 0 aliphatic rings. The molecule has 0 atom stereocenters. The Morgan fingerprint density at radius 2 is 2.00 bits per heavy atom. The number of nitrogens with two attached hydrogens (primary N) is 1. The van der Waals surface area contributed by atoms with Crippen LogP contribution in [0, 0.1) is 0 Å². The summed E-state index contributed by atoms with van der Waals surface area (Å²) < 4.78 is 0. The molecule has 118 valence electrons. The van der Waals surface area contributed by atoms with Crippen molar-refractivity contribution in [3.63, 3.8) is 0 Å². The molecule has 0 spiro atoms. The molecule has 2 aromatic carbocycles. The van der Waals surface area contributed by atoms with Gasteiger partial charge in [0, 0.05) is 18.4 Å². The number of benzene rings is 2.